The van der Waals surface area contributed by atoms with Crippen LogP contribution in [0.4, 0.5) is 10.1 Å². The van der Waals surface area contributed by atoms with Gasteiger partial charge in [-0.1, -0.05) is 0 Å². The van der Waals surface area contributed by atoms with E-state index in [9.17, 15) is 9.18 Å². The Labute approximate surface area is 75.5 Å². The average molecular weight is 183 g/mol. The van der Waals surface area contributed by atoms with Crippen LogP contribution in [-0.2, 0) is 4.79 Å². The van der Waals surface area contributed by atoms with Crippen molar-refractivity contribution >= 4 is 11.6 Å². The summed E-state index contributed by atoms with van der Waals surface area (Å²) in [6.45, 7) is 1.36. The molecule has 0 heterocycles. The Morgan fingerprint density at radius 3 is 2.69 bits per heavy atom. The number of benzene rings is 1. The highest BCUT2D eigenvalue weighted by atomic mass is 19.1. The van der Waals surface area contributed by atoms with Crippen molar-refractivity contribution in [3.63, 3.8) is 0 Å². The fraction of sp³-hybridized carbons (Fsp3) is 0.222. The van der Waals surface area contributed by atoms with Crippen molar-refractivity contribution < 1.29 is 13.9 Å². The van der Waals surface area contributed by atoms with Gasteiger partial charge in [0.05, 0.1) is 7.11 Å². The molecular weight excluding hydrogens is 173 g/mol. The van der Waals surface area contributed by atoms with Crippen molar-refractivity contribution in [2.75, 3.05) is 12.4 Å². The molecule has 0 aliphatic heterocycles. The molecule has 1 rings (SSSR count). The van der Waals surface area contributed by atoms with Gasteiger partial charge in [-0.2, -0.15) is 0 Å². The summed E-state index contributed by atoms with van der Waals surface area (Å²) < 4.78 is 17.7. The average Bonchev–Trinajstić information content (AvgIpc) is 2.01. The number of carbonyl (C=O) groups is 1. The minimum Gasteiger partial charge on any atom is -0.497 e. The zero-order chi connectivity index (χ0) is 9.84. The van der Waals surface area contributed by atoms with Crippen LogP contribution in [0.1, 0.15) is 6.92 Å². The minimum atomic E-state index is -0.442. The number of halogens is 1. The van der Waals surface area contributed by atoms with E-state index in [1.54, 1.807) is 6.07 Å². The SMILES string of the molecule is COc1cc(F)cc(NC(C)=O)c1. The normalized spacial score (nSPS) is 9.46. The first kappa shape index (κ1) is 9.51. The number of carbonyl (C=O) groups excluding carboxylic acids is 1. The van der Waals surface area contributed by atoms with Gasteiger partial charge in [-0.15, -0.1) is 0 Å². The lowest BCUT2D eigenvalue weighted by Crippen LogP contribution is -2.06. The van der Waals surface area contributed by atoms with Crippen LogP contribution in [0.15, 0.2) is 18.2 Å². The fourth-order valence-electron chi connectivity index (χ4n) is 0.956. The molecular formula is C9H10FNO2. The second kappa shape index (κ2) is 3.89. The molecule has 1 aromatic carbocycles. The van der Waals surface area contributed by atoms with Gasteiger partial charge >= 0.3 is 0 Å². The molecule has 0 unspecified atom stereocenters. The van der Waals surface area contributed by atoms with E-state index in [2.05, 4.69) is 5.32 Å². The topological polar surface area (TPSA) is 38.3 Å². The Balaban J connectivity index is 2.94. The van der Waals surface area contributed by atoms with Crippen molar-refractivity contribution in [1.29, 1.82) is 0 Å². The van der Waals surface area contributed by atoms with E-state index < -0.39 is 5.82 Å². The zero-order valence-electron chi connectivity index (χ0n) is 7.43. The molecule has 1 N–H and O–H groups in total. The van der Waals surface area contributed by atoms with Gasteiger partial charge in [0.2, 0.25) is 5.91 Å². The van der Waals surface area contributed by atoms with E-state index in [4.69, 9.17) is 4.74 Å². The van der Waals surface area contributed by atoms with Gasteiger partial charge in [-0.25, -0.2) is 4.39 Å². The smallest absolute Gasteiger partial charge is 0.221 e. The van der Waals surface area contributed by atoms with Gasteiger partial charge in [0.25, 0.3) is 0 Å². The van der Waals surface area contributed by atoms with Crippen LogP contribution in [0.3, 0.4) is 0 Å². The molecule has 0 aliphatic carbocycles. The van der Waals surface area contributed by atoms with Gasteiger partial charge in [-0.05, 0) is 6.07 Å². The molecule has 13 heavy (non-hydrogen) atoms. The third-order valence-electron chi connectivity index (χ3n) is 1.43. The monoisotopic (exact) mass is 183 g/mol. The Hall–Kier alpha value is -1.58. The van der Waals surface area contributed by atoms with Crippen LogP contribution < -0.4 is 10.1 Å². The van der Waals surface area contributed by atoms with Crippen LogP contribution in [-0.4, -0.2) is 13.0 Å². The Morgan fingerprint density at radius 1 is 1.46 bits per heavy atom. The van der Waals surface area contributed by atoms with E-state index in [-0.39, 0.29) is 5.91 Å². The second-order valence-electron chi connectivity index (χ2n) is 2.56. The van der Waals surface area contributed by atoms with Crippen LogP contribution >= 0.6 is 0 Å². The summed E-state index contributed by atoms with van der Waals surface area (Å²) in [6.07, 6.45) is 0. The first-order valence-electron chi connectivity index (χ1n) is 3.74. The number of rotatable bonds is 2. The Kier molecular flexibility index (Phi) is 2.84. The number of ether oxygens (including phenoxy) is 1. The standard InChI is InChI=1S/C9H10FNO2/c1-6(12)11-8-3-7(10)4-9(5-8)13-2/h3-5H,1-2H3,(H,11,12). The van der Waals surface area contributed by atoms with Gasteiger partial charge in [0.15, 0.2) is 0 Å². The summed E-state index contributed by atoms with van der Waals surface area (Å²) in [5.74, 6) is -0.306. The van der Waals surface area contributed by atoms with Crippen molar-refractivity contribution in [3.8, 4) is 5.75 Å². The molecule has 0 atom stereocenters. The minimum absolute atomic E-state index is 0.243. The third-order valence-corrected chi connectivity index (χ3v) is 1.43. The number of nitrogens with one attached hydrogen (secondary N) is 1. The number of hydrogen-bond acceptors (Lipinski definition) is 2. The second-order valence-corrected chi connectivity index (χ2v) is 2.56. The van der Waals surface area contributed by atoms with Gasteiger partial charge < -0.3 is 10.1 Å². The van der Waals surface area contributed by atoms with E-state index in [0.717, 1.165) is 0 Å². The quantitative estimate of drug-likeness (QED) is 0.759. The van der Waals surface area contributed by atoms with E-state index in [1.165, 1.54) is 26.2 Å². The highest BCUT2D eigenvalue weighted by molar-refractivity contribution is 5.88. The molecule has 70 valence electrons. The summed E-state index contributed by atoms with van der Waals surface area (Å²) in [5.41, 5.74) is 0.393. The summed E-state index contributed by atoms with van der Waals surface area (Å²) in [7, 11) is 1.44. The van der Waals surface area contributed by atoms with Crippen LogP contribution in [0.5, 0.6) is 5.75 Å². The highest BCUT2D eigenvalue weighted by Gasteiger charge is 2.01. The highest BCUT2D eigenvalue weighted by Crippen LogP contribution is 2.19. The van der Waals surface area contributed by atoms with Gasteiger partial charge in [-0.3, -0.25) is 4.79 Å². The maximum Gasteiger partial charge on any atom is 0.221 e. The molecule has 0 aliphatic rings. The predicted molar refractivity (Wildman–Crippen MR) is 47.3 cm³/mol. The lowest BCUT2D eigenvalue weighted by Gasteiger charge is -2.04. The maximum atomic E-state index is 12.8. The van der Waals surface area contributed by atoms with Crippen LogP contribution in [0.2, 0.25) is 0 Å². The van der Waals surface area contributed by atoms with E-state index >= 15 is 0 Å². The van der Waals surface area contributed by atoms with Gasteiger partial charge in [0.1, 0.15) is 11.6 Å². The van der Waals surface area contributed by atoms with E-state index in [0.29, 0.717) is 11.4 Å². The third kappa shape index (κ3) is 2.74. The molecule has 0 radical (unpaired) electrons. The summed E-state index contributed by atoms with van der Waals surface area (Å²) in [4.78, 5) is 10.6. The summed E-state index contributed by atoms with van der Waals surface area (Å²) in [6, 6.07) is 4.01. The van der Waals surface area contributed by atoms with Crippen molar-refractivity contribution in [3.05, 3.63) is 24.0 Å². The van der Waals surface area contributed by atoms with E-state index in [1.807, 2.05) is 0 Å². The summed E-state index contributed by atoms with van der Waals surface area (Å²) >= 11 is 0. The van der Waals surface area contributed by atoms with Crippen molar-refractivity contribution in [2.45, 2.75) is 6.92 Å². The van der Waals surface area contributed by atoms with Gasteiger partial charge in [0, 0.05) is 24.7 Å². The molecule has 4 heteroatoms. The molecule has 3 nitrogen and oxygen atoms in total. The zero-order valence-corrected chi connectivity index (χ0v) is 7.43. The molecule has 0 aromatic heterocycles. The molecule has 1 amide bonds. The molecule has 0 saturated carbocycles. The number of hydrogen-bond donors (Lipinski definition) is 1. The number of methoxy groups -OCH3 is 1. The molecule has 0 bridgehead atoms. The number of anilines is 1. The maximum absolute atomic E-state index is 12.8. The lowest BCUT2D eigenvalue weighted by molar-refractivity contribution is -0.114. The van der Waals surface area contributed by atoms with Crippen LogP contribution in [0.25, 0.3) is 0 Å². The molecule has 1 aromatic rings. The van der Waals surface area contributed by atoms with Crippen molar-refractivity contribution in [2.24, 2.45) is 0 Å². The Morgan fingerprint density at radius 2 is 2.15 bits per heavy atom. The fourth-order valence-corrected chi connectivity index (χ4v) is 0.956. The largest absolute Gasteiger partial charge is 0.497 e. The molecule has 0 spiro atoms. The van der Waals surface area contributed by atoms with Crippen LogP contribution in [0, 0.1) is 5.82 Å². The Bertz CT molecular complexity index is 325. The lowest BCUT2D eigenvalue weighted by atomic mass is 10.3. The summed E-state index contributed by atoms with van der Waals surface area (Å²) in [5, 5.41) is 2.46. The predicted octanol–water partition coefficient (Wildman–Crippen LogP) is 1.79. The first-order chi connectivity index (χ1) is 6.11. The molecule has 0 saturated heterocycles. The van der Waals surface area contributed by atoms with Crippen molar-refractivity contribution in [1.82, 2.24) is 0 Å². The first-order valence-corrected chi connectivity index (χ1v) is 3.74. The molecule has 0 fully saturated rings. The number of amides is 1.